The van der Waals surface area contributed by atoms with Gasteiger partial charge in [0.15, 0.2) is 0 Å². The highest BCUT2D eigenvalue weighted by molar-refractivity contribution is 5.41. The van der Waals surface area contributed by atoms with Gasteiger partial charge in [0, 0.05) is 0 Å². The van der Waals surface area contributed by atoms with Crippen LogP contribution < -0.4 is 4.74 Å². The first kappa shape index (κ1) is 11.7. The number of hydrogen-bond acceptors (Lipinski definition) is 1. The van der Waals surface area contributed by atoms with Crippen LogP contribution in [-0.4, -0.2) is 0 Å². The molecule has 88 valence electrons. The molecule has 0 aromatic heterocycles. The van der Waals surface area contributed by atoms with Crippen LogP contribution in [0.25, 0.3) is 0 Å². The van der Waals surface area contributed by atoms with E-state index in [2.05, 4.69) is 52.0 Å². The van der Waals surface area contributed by atoms with Crippen molar-refractivity contribution in [3.63, 3.8) is 0 Å². The molecular formula is C16H18O. The first-order valence-electron chi connectivity index (χ1n) is 5.88. The minimum atomic E-state index is 0.903. The second-order valence-corrected chi connectivity index (χ2v) is 4.62. The molecule has 0 bridgehead atoms. The molecule has 1 nitrogen and oxygen atoms in total. The summed E-state index contributed by atoms with van der Waals surface area (Å²) in [5.41, 5.74) is 4.98. The van der Waals surface area contributed by atoms with Gasteiger partial charge in [0.05, 0.1) is 0 Å². The molecule has 0 saturated heterocycles. The zero-order valence-corrected chi connectivity index (χ0v) is 10.9. The normalized spacial score (nSPS) is 10.4. The monoisotopic (exact) mass is 226 g/mol. The highest BCUT2D eigenvalue weighted by atomic mass is 16.5. The zero-order valence-electron chi connectivity index (χ0n) is 10.9. The summed E-state index contributed by atoms with van der Waals surface area (Å²) in [7, 11) is 0. The van der Waals surface area contributed by atoms with Crippen molar-refractivity contribution >= 4 is 0 Å². The average molecular weight is 226 g/mol. The Morgan fingerprint density at radius 3 is 2.12 bits per heavy atom. The second kappa shape index (κ2) is 4.62. The van der Waals surface area contributed by atoms with E-state index in [1.807, 2.05) is 12.1 Å². The molecular weight excluding hydrogens is 208 g/mol. The second-order valence-electron chi connectivity index (χ2n) is 4.62. The Kier molecular flexibility index (Phi) is 3.19. The molecule has 0 aliphatic carbocycles. The fourth-order valence-corrected chi connectivity index (χ4v) is 1.82. The summed E-state index contributed by atoms with van der Waals surface area (Å²) < 4.78 is 5.90. The summed E-state index contributed by atoms with van der Waals surface area (Å²) in [6.45, 7) is 8.37. The fourth-order valence-electron chi connectivity index (χ4n) is 1.82. The lowest BCUT2D eigenvalue weighted by Crippen LogP contribution is -1.89. The lowest BCUT2D eigenvalue weighted by Gasteiger charge is -2.10. The lowest BCUT2D eigenvalue weighted by atomic mass is 10.1. The zero-order chi connectivity index (χ0) is 12.4. The Morgan fingerprint density at radius 1 is 0.706 bits per heavy atom. The topological polar surface area (TPSA) is 9.23 Å². The van der Waals surface area contributed by atoms with E-state index in [0.717, 1.165) is 11.5 Å². The van der Waals surface area contributed by atoms with Crippen LogP contribution in [0.1, 0.15) is 22.3 Å². The predicted octanol–water partition coefficient (Wildman–Crippen LogP) is 4.71. The van der Waals surface area contributed by atoms with Crippen molar-refractivity contribution in [3.8, 4) is 11.5 Å². The van der Waals surface area contributed by atoms with Gasteiger partial charge in [-0.1, -0.05) is 23.8 Å². The average Bonchev–Trinajstić information content (AvgIpc) is 2.27. The third-order valence-corrected chi connectivity index (χ3v) is 3.04. The largest absolute Gasteiger partial charge is 0.457 e. The number of rotatable bonds is 2. The van der Waals surface area contributed by atoms with Gasteiger partial charge in [-0.3, -0.25) is 0 Å². The van der Waals surface area contributed by atoms with Gasteiger partial charge in [-0.25, -0.2) is 0 Å². The fraction of sp³-hybridized carbons (Fsp3) is 0.250. The molecule has 0 N–H and O–H groups in total. The van der Waals surface area contributed by atoms with Crippen LogP contribution in [0.5, 0.6) is 11.5 Å². The van der Waals surface area contributed by atoms with Gasteiger partial charge in [-0.05, 0) is 62.6 Å². The molecule has 0 amide bonds. The Balaban J connectivity index is 2.28. The molecule has 0 saturated carbocycles. The lowest BCUT2D eigenvalue weighted by molar-refractivity contribution is 0.478. The summed E-state index contributed by atoms with van der Waals surface area (Å²) in [5.74, 6) is 1.83. The van der Waals surface area contributed by atoms with E-state index in [1.54, 1.807) is 0 Å². The molecule has 0 spiro atoms. The van der Waals surface area contributed by atoms with E-state index in [1.165, 1.54) is 22.3 Å². The van der Waals surface area contributed by atoms with Gasteiger partial charge in [0.25, 0.3) is 0 Å². The van der Waals surface area contributed by atoms with Gasteiger partial charge < -0.3 is 4.74 Å². The first-order chi connectivity index (χ1) is 8.06. The van der Waals surface area contributed by atoms with Crippen LogP contribution in [0.15, 0.2) is 36.4 Å². The van der Waals surface area contributed by atoms with Gasteiger partial charge in [0.2, 0.25) is 0 Å². The number of aryl methyl sites for hydroxylation is 4. The van der Waals surface area contributed by atoms with Crippen LogP contribution in [0.2, 0.25) is 0 Å². The summed E-state index contributed by atoms with van der Waals surface area (Å²) in [6.07, 6.45) is 0. The molecule has 1 heteroatoms. The summed E-state index contributed by atoms with van der Waals surface area (Å²) in [4.78, 5) is 0. The van der Waals surface area contributed by atoms with E-state index in [0.29, 0.717) is 0 Å². The smallest absolute Gasteiger partial charge is 0.130 e. The minimum absolute atomic E-state index is 0.903. The molecule has 0 unspecified atom stereocenters. The Morgan fingerprint density at radius 2 is 1.47 bits per heavy atom. The molecule has 0 aliphatic heterocycles. The SMILES string of the molecule is Cc1ccc(Oc2ccc(C)c(C)c2)c(C)c1. The van der Waals surface area contributed by atoms with E-state index < -0.39 is 0 Å². The third-order valence-electron chi connectivity index (χ3n) is 3.04. The summed E-state index contributed by atoms with van der Waals surface area (Å²) in [6, 6.07) is 12.4. The number of hydrogen-bond donors (Lipinski definition) is 0. The summed E-state index contributed by atoms with van der Waals surface area (Å²) >= 11 is 0. The van der Waals surface area contributed by atoms with E-state index in [-0.39, 0.29) is 0 Å². The molecule has 2 aromatic rings. The maximum Gasteiger partial charge on any atom is 0.130 e. The maximum absolute atomic E-state index is 5.90. The molecule has 0 aliphatic rings. The third kappa shape index (κ3) is 2.68. The Bertz CT molecular complexity index is 541. The van der Waals surface area contributed by atoms with Crippen molar-refractivity contribution in [2.75, 3.05) is 0 Å². The van der Waals surface area contributed by atoms with Gasteiger partial charge in [-0.2, -0.15) is 0 Å². The molecule has 2 rings (SSSR count). The highest BCUT2D eigenvalue weighted by Gasteiger charge is 2.02. The van der Waals surface area contributed by atoms with E-state index >= 15 is 0 Å². The van der Waals surface area contributed by atoms with Gasteiger partial charge in [-0.15, -0.1) is 0 Å². The minimum Gasteiger partial charge on any atom is -0.457 e. The Labute approximate surface area is 103 Å². The van der Waals surface area contributed by atoms with Crippen molar-refractivity contribution in [1.29, 1.82) is 0 Å². The molecule has 0 radical (unpaired) electrons. The maximum atomic E-state index is 5.90. The van der Waals surface area contributed by atoms with Crippen molar-refractivity contribution in [3.05, 3.63) is 58.7 Å². The standard InChI is InChI=1S/C16H18O/c1-11-5-8-16(14(4)9-11)17-15-7-6-12(2)13(3)10-15/h5-10H,1-4H3. The molecule has 0 fully saturated rings. The number of benzene rings is 2. The number of ether oxygens (including phenoxy) is 1. The molecule has 0 atom stereocenters. The highest BCUT2D eigenvalue weighted by Crippen LogP contribution is 2.26. The first-order valence-corrected chi connectivity index (χ1v) is 5.88. The van der Waals surface area contributed by atoms with Crippen LogP contribution in [0.4, 0.5) is 0 Å². The summed E-state index contributed by atoms with van der Waals surface area (Å²) in [5, 5.41) is 0. The quantitative estimate of drug-likeness (QED) is 0.720. The van der Waals surface area contributed by atoms with Crippen LogP contribution >= 0.6 is 0 Å². The van der Waals surface area contributed by atoms with Crippen molar-refractivity contribution < 1.29 is 4.74 Å². The molecule has 0 heterocycles. The van der Waals surface area contributed by atoms with Crippen molar-refractivity contribution in [1.82, 2.24) is 0 Å². The van der Waals surface area contributed by atoms with E-state index in [4.69, 9.17) is 4.74 Å². The molecule has 2 aromatic carbocycles. The van der Waals surface area contributed by atoms with E-state index in [9.17, 15) is 0 Å². The van der Waals surface area contributed by atoms with Crippen LogP contribution in [0.3, 0.4) is 0 Å². The van der Waals surface area contributed by atoms with Gasteiger partial charge >= 0.3 is 0 Å². The predicted molar refractivity (Wildman–Crippen MR) is 71.9 cm³/mol. The van der Waals surface area contributed by atoms with Crippen molar-refractivity contribution in [2.24, 2.45) is 0 Å². The van der Waals surface area contributed by atoms with Crippen molar-refractivity contribution in [2.45, 2.75) is 27.7 Å². The Hall–Kier alpha value is -1.76. The van der Waals surface area contributed by atoms with Crippen LogP contribution in [-0.2, 0) is 0 Å². The molecule has 17 heavy (non-hydrogen) atoms. The van der Waals surface area contributed by atoms with Crippen LogP contribution in [0, 0.1) is 27.7 Å². The van der Waals surface area contributed by atoms with Gasteiger partial charge in [0.1, 0.15) is 11.5 Å².